The van der Waals surface area contributed by atoms with E-state index < -0.39 is 0 Å². The lowest BCUT2D eigenvalue weighted by Crippen LogP contribution is -1.82. The van der Waals surface area contributed by atoms with Crippen LogP contribution in [0.2, 0.25) is 0 Å². The summed E-state index contributed by atoms with van der Waals surface area (Å²) >= 11 is 3.30. The number of hydrogen-bond acceptors (Lipinski definition) is 4. The Hall–Kier alpha value is -1.39. The molecule has 0 atom stereocenters. The molecule has 2 aromatic heterocycles. The highest BCUT2D eigenvalue weighted by molar-refractivity contribution is 7.18. The summed E-state index contributed by atoms with van der Waals surface area (Å²) in [5.74, 6) is 0. The molecule has 2 heterocycles. The third-order valence-corrected chi connectivity index (χ3v) is 4.31. The lowest BCUT2D eigenvalue weighted by molar-refractivity contribution is 1.39. The molecule has 80 valence electrons. The van der Waals surface area contributed by atoms with E-state index in [9.17, 15) is 0 Å². The van der Waals surface area contributed by atoms with Gasteiger partial charge in [-0.25, -0.2) is 4.98 Å². The van der Waals surface area contributed by atoms with E-state index in [0.717, 1.165) is 5.69 Å². The van der Waals surface area contributed by atoms with Crippen molar-refractivity contribution in [1.82, 2.24) is 4.98 Å². The molecule has 0 saturated carbocycles. The average Bonchev–Trinajstić information content (AvgIpc) is 2.81. The van der Waals surface area contributed by atoms with Gasteiger partial charge in [-0.05, 0) is 13.0 Å². The van der Waals surface area contributed by atoms with Crippen molar-refractivity contribution in [2.45, 2.75) is 6.92 Å². The van der Waals surface area contributed by atoms with Crippen LogP contribution in [-0.2, 0) is 0 Å². The van der Waals surface area contributed by atoms with Gasteiger partial charge < -0.3 is 5.73 Å². The van der Waals surface area contributed by atoms with Gasteiger partial charge in [0.15, 0.2) is 5.13 Å². The van der Waals surface area contributed by atoms with Gasteiger partial charge in [0, 0.05) is 25.9 Å². The van der Waals surface area contributed by atoms with Crippen LogP contribution in [-0.4, -0.2) is 4.98 Å². The van der Waals surface area contributed by atoms with Gasteiger partial charge >= 0.3 is 0 Å². The van der Waals surface area contributed by atoms with Crippen molar-refractivity contribution < 1.29 is 0 Å². The van der Waals surface area contributed by atoms with Gasteiger partial charge in [0.1, 0.15) is 0 Å². The first-order valence-corrected chi connectivity index (χ1v) is 6.65. The summed E-state index contributed by atoms with van der Waals surface area (Å²) in [6, 6.07) is 8.39. The van der Waals surface area contributed by atoms with Crippen LogP contribution in [0.1, 0.15) is 4.88 Å². The van der Waals surface area contributed by atoms with Gasteiger partial charge in [0.25, 0.3) is 0 Å². The maximum Gasteiger partial charge on any atom is 0.180 e. The smallest absolute Gasteiger partial charge is 0.180 e. The molecule has 1 aromatic carbocycles. The molecule has 0 aliphatic heterocycles. The fourth-order valence-electron chi connectivity index (χ4n) is 1.83. The molecule has 0 unspecified atom stereocenters. The molecule has 16 heavy (non-hydrogen) atoms. The number of nitrogens with zero attached hydrogens (tertiary/aromatic N) is 1. The Labute approximate surface area is 101 Å². The predicted octanol–water partition coefficient (Wildman–Crippen LogP) is 3.92. The standard InChI is InChI=1S/C12H10N2S2/c1-7-11(14-12(13)16-7)9-6-15-10-5-3-2-4-8(9)10/h2-6H,1H3,(H2,13,14). The number of fused-ring (bicyclic) bond motifs is 1. The van der Waals surface area contributed by atoms with Gasteiger partial charge in [-0.2, -0.15) is 0 Å². The maximum absolute atomic E-state index is 5.74. The van der Waals surface area contributed by atoms with Crippen LogP contribution in [0, 0.1) is 6.92 Å². The quantitative estimate of drug-likeness (QED) is 0.707. The Bertz CT molecular complexity index is 652. The van der Waals surface area contributed by atoms with E-state index in [-0.39, 0.29) is 0 Å². The van der Waals surface area contributed by atoms with Crippen molar-refractivity contribution in [3.05, 3.63) is 34.5 Å². The monoisotopic (exact) mass is 246 g/mol. The van der Waals surface area contributed by atoms with Gasteiger partial charge in [0.2, 0.25) is 0 Å². The second-order valence-corrected chi connectivity index (χ2v) is 5.75. The molecule has 0 fully saturated rings. The summed E-state index contributed by atoms with van der Waals surface area (Å²) in [6.07, 6.45) is 0. The first-order chi connectivity index (χ1) is 7.75. The Morgan fingerprint density at radius 1 is 1.25 bits per heavy atom. The zero-order valence-corrected chi connectivity index (χ0v) is 10.4. The molecule has 2 nitrogen and oxygen atoms in total. The highest BCUT2D eigenvalue weighted by Crippen LogP contribution is 2.37. The average molecular weight is 246 g/mol. The topological polar surface area (TPSA) is 38.9 Å². The third kappa shape index (κ3) is 1.42. The Morgan fingerprint density at radius 3 is 2.81 bits per heavy atom. The van der Waals surface area contributed by atoms with E-state index in [1.165, 1.54) is 20.5 Å². The highest BCUT2D eigenvalue weighted by atomic mass is 32.1. The molecule has 2 N–H and O–H groups in total. The Kier molecular flexibility index (Phi) is 2.19. The molecule has 0 bridgehead atoms. The van der Waals surface area contributed by atoms with Crippen molar-refractivity contribution in [1.29, 1.82) is 0 Å². The fourth-order valence-corrected chi connectivity index (χ4v) is 3.48. The number of nitrogen functional groups attached to an aromatic ring is 1. The summed E-state index contributed by atoms with van der Waals surface area (Å²) in [5, 5.41) is 4.07. The van der Waals surface area contributed by atoms with Crippen molar-refractivity contribution >= 4 is 37.9 Å². The highest BCUT2D eigenvalue weighted by Gasteiger charge is 2.12. The molecule has 0 amide bonds. The minimum absolute atomic E-state index is 0.641. The molecular weight excluding hydrogens is 236 g/mol. The van der Waals surface area contributed by atoms with Gasteiger partial charge in [-0.15, -0.1) is 22.7 Å². The van der Waals surface area contributed by atoms with E-state index in [2.05, 4.69) is 41.6 Å². The van der Waals surface area contributed by atoms with Crippen LogP contribution in [0.5, 0.6) is 0 Å². The summed E-state index contributed by atoms with van der Waals surface area (Å²) in [6.45, 7) is 2.07. The number of thiazole rings is 1. The van der Waals surface area contributed by atoms with Crippen molar-refractivity contribution in [3.8, 4) is 11.3 Å². The largest absolute Gasteiger partial charge is 0.375 e. The molecular formula is C12H10N2S2. The number of aromatic nitrogens is 1. The second-order valence-electron chi connectivity index (χ2n) is 3.60. The van der Waals surface area contributed by atoms with E-state index in [1.54, 1.807) is 22.7 Å². The minimum atomic E-state index is 0.641. The van der Waals surface area contributed by atoms with Gasteiger partial charge in [-0.3, -0.25) is 0 Å². The molecule has 0 radical (unpaired) electrons. The van der Waals surface area contributed by atoms with E-state index >= 15 is 0 Å². The summed E-state index contributed by atoms with van der Waals surface area (Å²) in [7, 11) is 0. The van der Waals surface area contributed by atoms with E-state index in [4.69, 9.17) is 5.73 Å². The molecule has 0 aliphatic carbocycles. The lowest BCUT2D eigenvalue weighted by Gasteiger charge is -1.95. The Morgan fingerprint density at radius 2 is 2.06 bits per heavy atom. The molecule has 3 aromatic rings. The van der Waals surface area contributed by atoms with E-state index in [1.807, 2.05) is 0 Å². The van der Waals surface area contributed by atoms with Crippen molar-refractivity contribution in [3.63, 3.8) is 0 Å². The van der Waals surface area contributed by atoms with Crippen LogP contribution >= 0.6 is 22.7 Å². The summed E-state index contributed by atoms with van der Waals surface area (Å²) in [5.41, 5.74) is 7.97. The van der Waals surface area contributed by atoms with E-state index in [0.29, 0.717) is 5.13 Å². The zero-order chi connectivity index (χ0) is 11.1. The van der Waals surface area contributed by atoms with Gasteiger partial charge in [-0.1, -0.05) is 18.2 Å². The fraction of sp³-hybridized carbons (Fsp3) is 0.0833. The first-order valence-electron chi connectivity index (χ1n) is 4.95. The molecule has 0 aliphatic rings. The lowest BCUT2D eigenvalue weighted by atomic mass is 10.1. The van der Waals surface area contributed by atoms with Crippen LogP contribution in [0.25, 0.3) is 21.3 Å². The second kappa shape index (κ2) is 3.57. The number of nitrogens with two attached hydrogens (primary N) is 1. The predicted molar refractivity (Wildman–Crippen MR) is 72.1 cm³/mol. The number of benzene rings is 1. The minimum Gasteiger partial charge on any atom is -0.375 e. The molecule has 0 spiro atoms. The number of hydrogen-bond donors (Lipinski definition) is 1. The summed E-state index contributed by atoms with van der Waals surface area (Å²) < 4.78 is 1.29. The first kappa shape index (κ1) is 9.81. The van der Waals surface area contributed by atoms with Crippen molar-refractivity contribution in [2.24, 2.45) is 0 Å². The SMILES string of the molecule is Cc1sc(N)nc1-c1csc2ccccc12. The van der Waals surface area contributed by atoms with Gasteiger partial charge in [0.05, 0.1) is 5.69 Å². The van der Waals surface area contributed by atoms with Crippen LogP contribution in [0.15, 0.2) is 29.6 Å². The van der Waals surface area contributed by atoms with Crippen LogP contribution in [0.3, 0.4) is 0 Å². The van der Waals surface area contributed by atoms with Crippen molar-refractivity contribution in [2.75, 3.05) is 5.73 Å². The molecule has 3 rings (SSSR count). The zero-order valence-electron chi connectivity index (χ0n) is 8.73. The number of thiophene rings is 1. The maximum atomic E-state index is 5.74. The number of aryl methyl sites for hydroxylation is 1. The Balaban J connectivity index is 2.30. The third-order valence-electron chi connectivity index (χ3n) is 2.55. The van der Waals surface area contributed by atoms with Crippen LogP contribution in [0.4, 0.5) is 5.13 Å². The summed E-state index contributed by atoms with van der Waals surface area (Å²) in [4.78, 5) is 5.59. The molecule has 0 saturated heterocycles. The normalized spacial score (nSPS) is 11.1. The van der Waals surface area contributed by atoms with Crippen LogP contribution < -0.4 is 5.73 Å². The number of anilines is 1. The number of rotatable bonds is 1. The molecule has 4 heteroatoms.